The number of nitriles is 1. The van der Waals surface area contributed by atoms with Crippen LogP contribution in [0.2, 0.25) is 0 Å². The summed E-state index contributed by atoms with van der Waals surface area (Å²) in [7, 11) is 4.43. The van der Waals surface area contributed by atoms with Crippen molar-refractivity contribution in [2.24, 2.45) is 0 Å². The standard InChI is InChI=1S/C24H20N4O4S/c1-30-15-9-13(10-16(31-2)21(15)32-3)20(29)22-19(26)18-17(12-7-5-4-6-8-12)14(11-25)23(27)28-24(18)33-22/h4-10H,26H2,1-3H3,(H2,27,28). The second-order valence-electron chi connectivity index (χ2n) is 6.99. The smallest absolute Gasteiger partial charge is 0.205 e. The molecular formula is C24H20N4O4S. The van der Waals surface area contributed by atoms with Crippen molar-refractivity contribution >= 4 is 38.8 Å². The Bertz CT molecular complexity index is 1400. The van der Waals surface area contributed by atoms with E-state index in [2.05, 4.69) is 11.1 Å². The maximum atomic E-state index is 13.5. The third-order valence-corrected chi connectivity index (χ3v) is 6.31. The summed E-state index contributed by atoms with van der Waals surface area (Å²) in [4.78, 5) is 18.6. The van der Waals surface area contributed by atoms with E-state index in [4.69, 9.17) is 25.7 Å². The van der Waals surface area contributed by atoms with Crippen LogP contribution in [-0.2, 0) is 0 Å². The third-order valence-electron chi connectivity index (χ3n) is 5.21. The quantitative estimate of drug-likeness (QED) is 0.408. The van der Waals surface area contributed by atoms with Gasteiger partial charge in [-0.25, -0.2) is 4.98 Å². The molecule has 0 radical (unpaired) electrons. The molecule has 9 heteroatoms. The van der Waals surface area contributed by atoms with Gasteiger partial charge in [0.05, 0.1) is 27.0 Å². The number of aromatic nitrogens is 1. The van der Waals surface area contributed by atoms with Gasteiger partial charge in [0.25, 0.3) is 0 Å². The summed E-state index contributed by atoms with van der Waals surface area (Å²) in [6, 6.07) is 14.5. The molecule has 0 bridgehead atoms. The Labute approximate surface area is 193 Å². The summed E-state index contributed by atoms with van der Waals surface area (Å²) < 4.78 is 16.1. The van der Waals surface area contributed by atoms with Gasteiger partial charge < -0.3 is 25.7 Å². The van der Waals surface area contributed by atoms with Gasteiger partial charge in [-0.3, -0.25) is 4.79 Å². The summed E-state index contributed by atoms with van der Waals surface area (Å²) in [5.41, 5.74) is 14.6. The number of nitrogens with two attached hydrogens (primary N) is 2. The Hall–Kier alpha value is -4.29. The Kier molecular flexibility index (Phi) is 5.77. The van der Waals surface area contributed by atoms with E-state index < -0.39 is 0 Å². The fourth-order valence-corrected chi connectivity index (χ4v) is 4.76. The number of methoxy groups -OCH3 is 3. The van der Waals surface area contributed by atoms with Crippen LogP contribution in [-0.4, -0.2) is 32.1 Å². The summed E-state index contributed by atoms with van der Waals surface area (Å²) in [6.45, 7) is 0. The summed E-state index contributed by atoms with van der Waals surface area (Å²) in [5.74, 6) is 0.807. The van der Waals surface area contributed by atoms with Crippen molar-refractivity contribution in [3.63, 3.8) is 0 Å². The highest BCUT2D eigenvalue weighted by molar-refractivity contribution is 7.21. The zero-order chi connectivity index (χ0) is 23.7. The lowest BCUT2D eigenvalue weighted by Gasteiger charge is -2.13. The van der Waals surface area contributed by atoms with E-state index in [0.29, 0.717) is 38.6 Å². The second-order valence-corrected chi connectivity index (χ2v) is 7.99. The van der Waals surface area contributed by atoms with Crippen molar-refractivity contribution in [1.29, 1.82) is 5.26 Å². The number of anilines is 2. The summed E-state index contributed by atoms with van der Waals surface area (Å²) in [5, 5.41) is 10.3. The number of nitrogen functional groups attached to an aromatic ring is 2. The summed E-state index contributed by atoms with van der Waals surface area (Å²) in [6.07, 6.45) is 0. The highest BCUT2D eigenvalue weighted by Crippen LogP contribution is 2.44. The zero-order valence-corrected chi connectivity index (χ0v) is 18.9. The maximum absolute atomic E-state index is 13.5. The number of pyridine rings is 1. The van der Waals surface area contributed by atoms with Gasteiger partial charge in [0.1, 0.15) is 27.2 Å². The van der Waals surface area contributed by atoms with Crippen LogP contribution in [0.4, 0.5) is 11.5 Å². The maximum Gasteiger partial charge on any atom is 0.205 e. The van der Waals surface area contributed by atoms with Crippen molar-refractivity contribution in [2.45, 2.75) is 0 Å². The minimum Gasteiger partial charge on any atom is -0.493 e. The first-order chi connectivity index (χ1) is 15.9. The molecule has 0 saturated heterocycles. The van der Waals surface area contributed by atoms with E-state index in [1.807, 2.05) is 30.3 Å². The van der Waals surface area contributed by atoms with Crippen LogP contribution in [0.15, 0.2) is 42.5 Å². The Morgan fingerprint density at radius 2 is 1.67 bits per heavy atom. The molecule has 0 aliphatic carbocycles. The van der Waals surface area contributed by atoms with Crippen molar-refractivity contribution in [3.8, 4) is 34.4 Å². The lowest BCUT2D eigenvalue weighted by molar-refractivity contribution is 0.104. The number of carbonyl (C=O) groups excluding carboxylic acids is 1. The molecule has 33 heavy (non-hydrogen) atoms. The van der Waals surface area contributed by atoms with E-state index in [-0.39, 0.29) is 27.7 Å². The first-order valence-corrected chi connectivity index (χ1v) is 10.6. The predicted molar refractivity (Wildman–Crippen MR) is 128 cm³/mol. The van der Waals surface area contributed by atoms with E-state index in [1.54, 1.807) is 12.1 Å². The zero-order valence-electron chi connectivity index (χ0n) is 18.1. The van der Waals surface area contributed by atoms with Gasteiger partial charge in [-0.15, -0.1) is 11.3 Å². The van der Waals surface area contributed by atoms with Crippen LogP contribution in [0.1, 0.15) is 20.8 Å². The first-order valence-electron chi connectivity index (χ1n) is 9.76. The monoisotopic (exact) mass is 460 g/mol. The number of carbonyl (C=O) groups is 1. The molecule has 2 heterocycles. The minimum atomic E-state index is -0.342. The number of rotatable bonds is 6. The molecule has 0 aliphatic rings. The average molecular weight is 461 g/mol. The molecule has 0 aliphatic heterocycles. The van der Waals surface area contributed by atoms with Crippen LogP contribution in [0.5, 0.6) is 17.2 Å². The van der Waals surface area contributed by atoms with E-state index in [1.165, 1.54) is 21.3 Å². The number of benzene rings is 2. The Morgan fingerprint density at radius 1 is 1.03 bits per heavy atom. The van der Waals surface area contributed by atoms with E-state index in [0.717, 1.165) is 16.9 Å². The molecule has 0 atom stereocenters. The third kappa shape index (κ3) is 3.56. The van der Waals surface area contributed by atoms with Gasteiger partial charge in [-0.1, -0.05) is 30.3 Å². The Morgan fingerprint density at radius 3 is 2.21 bits per heavy atom. The van der Waals surface area contributed by atoms with Crippen LogP contribution in [0, 0.1) is 11.3 Å². The number of ketones is 1. The lowest BCUT2D eigenvalue weighted by atomic mass is 9.96. The van der Waals surface area contributed by atoms with Gasteiger partial charge in [0, 0.05) is 16.5 Å². The van der Waals surface area contributed by atoms with Crippen LogP contribution >= 0.6 is 11.3 Å². The topological polar surface area (TPSA) is 133 Å². The molecule has 4 N–H and O–H groups in total. The van der Waals surface area contributed by atoms with Gasteiger partial charge in [-0.05, 0) is 17.7 Å². The van der Waals surface area contributed by atoms with Gasteiger partial charge in [0.2, 0.25) is 11.5 Å². The minimum absolute atomic E-state index is 0.0805. The van der Waals surface area contributed by atoms with Gasteiger partial charge in [-0.2, -0.15) is 5.26 Å². The highest BCUT2D eigenvalue weighted by atomic mass is 32.1. The lowest BCUT2D eigenvalue weighted by Crippen LogP contribution is -2.05. The molecule has 0 unspecified atom stereocenters. The largest absolute Gasteiger partial charge is 0.493 e. The van der Waals surface area contributed by atoms with Crippen LogP contribution in [0.25, 0.3) is 21.3 Å². The average Bonchev–Trinajstić information content (AvgIpc) is 3.17. The molecule has 0 fully saturated rings. The molecule has 8 nitrogen and oxygen atoms in total. The molecule has 166 valence electrons. The number of nitrogens with zero attached hydrogens (tertiary/aromatic N) is 2. The molecular weight excluding hydrogens is 440 g/mol. The molecule has 0 saturated carbocycles. The normalized spacial score (nSPS) is 10.6. The van der Waals surface area contributed by atoms with Crippen LogP contribution < -0.4 is 25.7 Å². The number of fused-ring (bicyclic) bond motifs is 1. The molecule has 0 amide bonds. The highest BCUT2D eigenvalue weighted by Gasteiger charge is 2.26. The fraction of sp³-hybridized carbons (Fsp3) is 0.125. The molecule has 0 spiro atoms. The first kappa shape index (κ1) is 21.9. The van der Waals surface area contributed by atoms with Crippen molar-refractivity contribution in [2.75, 3.05) is 32.8 Å². The number of hydrogen-bond donors (Lipinski definition) is 2. The van der Waals surface area contributed by atoms with Crippen molar-refractivity contribution in [1.82, 2.24) is 4.98 Å². The van der Waals surface area contributed by atoms with Gasteiger partial charge >= 0.3 is 0 Å². The SMILES string of the molecule is COc1cc(C(=O)c2sc3nc(N)c(C#N)c(-c4ccccc4)c3c2N)cc(OC)c1OC. The van der Waals surface area contributed by atoms with Crippen molar-refractivity contribution < 1.29 is 19.0 Å². The number of ether oxygens (including phenoxy) is 3. The van der Waals surface area contributed by atoms with Gasteiger partial charge in [0.15, 0.2) is 11.5 Å². The number of thiophene rings is 1. The number of hydrogen-bond acceptors (Lipinski definition) is 9. The molecule has 4 aromatic rings. The molecule has 4 rings (SSSR count). The van der Waals surface area contributed by atoms with E-state index >= 15 is 0 Å². The fourth-order valence-electron chi connectivity index (χ4n) is 3.69. The second kappa shape index (κ2) is 8.68. The Balaban J connectivity index is 1.97. The molecule has 2 aromatic heterocycles. The van der Waals surface area contributed by atoms with Crippen molar-refractivity contribution in [3.05, 3.63) is 58.5 Å². The summed E-state index contributed by atoms with van der Waals surface area (Å²) >= 11 is 1.12. The van der Waals surface area contributed by atoms with E-state index in [9.17, 15) is 10.1 Å². The van der Waals surface area contributed by atoms with Crippen LogP contribution in [0.3, 0.4) is 0 Å². The molecule has 2 aromatic carbocycles. The predicted octanol–water partition coefficient (Wildman–Crippen LogP) is 4.26.